The number of ether oxygens (including phenoxy) is 5. The molecule has 362 valence electrons. The molecule has 19 heteroatoms. The van der Waals surface area contributed by atoms with Crippen molar-refractivity contribution in [1.82, 2.24) is 30.0 Å². The van der Waals surface area contributed by atoms with Gasteiger partial charge in [0.15, 0.2) is 23.0 Å². The van der Waals surface area contributed by atoms with Gasteiger partial charge in [-0.2, -0.15) is 0 Å². The Morgan fingerprint density at radius 1 is 0.771 bits per heavy atom. The molecule has 6 amide bonds. The molecule has 0 saturated heterocycles. The Morgan fingerprint density at radius 2 is 1.47 bits per heavy atom. The van der Waals surface area contributed by atoms with Gasteiger partial charge in [-0.15, -0.1) is 0 Å². The average molecular weight is 954 g/mol. The molecule has 8 rings (SSSR count). The largest absolute Gasteiger partial charge is 0.493 e. The molecule has 0 spiro atoms. The van der Waals surface area contributed by atoms with Gasteiger partial charge in [0, 0.05) is 85.8 Å². The third-order valence-corrected chi connectivity index (χ3v) is 12.0. The van der Waals surface area contributed by atoms with Crippen molar-refractivity contribution in [2.75, 3.05) is 53.0 Å². The highest BCUT2D eigenvalue weighted by Crippen LogP contribution is 2.40. The standard InChI is InChI=1S/C51H51N7O12/c1-56(20-21-58-48-36-25-42-43(70-30-69-42)26-38(36)52-27-37(48)34-23-40(66-2)41(67-3)24-35(34)50(58)64)51(65)68-29-32-13-15-33(16-14-32)54-45(60)28-53-49(63)39(22-31-10-6-4-7-11-31)55-44(59)12-8-5-9-19-57-46(61)17-18-47(57)62/h4,6-7,10-11,13-18,23-27,39H,5,8-9,12,19-22,28-30H2,1-3H3,(H,53,63)(H,54,60)(H,55,59)/t39-/m0/s1. The van der Waals surface area contributed by atoms with Crippen molar-refractivity contribution in [2.24, 2.45) is 0 Å². The van der Waals surface area contributed by atoms with Crippen LogP contribution >= 0.6 is 0 Å². The fourth-order valence-electron chi connectivity index (χ4n) is 8.28. The summed E-state index contributed by atoms with van der Waals surface area (Å²) in [7, 11) is 4.59. The van der Waals surface area contributed by atoms with Gasteiger partial charge in [0.1, 0.15) is 12.6 Å². The van der Waals surface area contributed by atoms with E-state index in [0.717, 1.165) is 10.5 Å². The summed E-state index contributed by atoms with van der Waals surface area (Å²) in [5.41, 5.74) is 2.76. The van der Waals surface area contributed by atoms with Crippen LogP contribution < -0.4 is 40.5 Å². The maximum atomic E-state index is 14.3. The predicted molar refractivity (Wildman–Crippen MR) is 258 cm³/mol. The lowest BCUT2D eigenvalue weighted by Gasteiger charge is -2.20. The van der Waals surface area contributed by atoms with Crippen LogP contribution in [-0.4, -0.2) is 109 Å². The third kappa shape index (κ3) is 10.9. The Hall–Kier alpha value is -8.48. The van der Waals surface area contributed by atoms with Crippen LogP contribution in [0.3, 0.4) is 0 Å². The van der Waals surface area contributed by atoms with E-state index in [2.05, 4.69) is 16.0 Å². The molecule has 0 saturated carbocycles. The molecule has 19 nitrogen and oxygen atoms in total. The number of aromatic nitrogens is 2. The first-order valence-corrected chi connectivity index (χ1v) is 22.6. The van der Waals surface area contributed by atoms with Gasteiger partial charge < -0.3 is 49.1 Å². The van der Waals surface area contributed by atoms with Gasteiger partial charge >= 0.3 is 6.09 Å². The number of nitrogens with one attached hydrogen (secondary N) is 3. The van der Waals surface area contributed by atoms with Crippen LogP contribution in [0.5, 0.6) is 23.0 Å². The van der Waals surface area contributed by atoms with Crippen molar-refractivity contribution in [2.45, 2.75) is 51.3 Å². The Bertz CT molecular complexity index is 3070. The van der Waals surface area contributed by atoms with Crippen LogP contribution in [0.2, 0.25) is 0 Å². The predicted octanol–water partition coefficient (Wildman–Crippen LogP) is 4.99. The fourth-order valence-corrected chi connectivity index (χ4v) is 8.28. The van der Waals surface area contributed by atoms with Crippen molar-refractivity contribution in [3.8, 4) is 23.0 Å². The highest BCUT2D eigenvalue weighted by atomic mass is 16.7. The van der Waals surface area contributed by atoms with Crippen LogP contribution in [0, 0.1) is 0 Å². The lowest BCUT2D eigenvalue weighted by molar-refractivity contribution is -0.137. The molecule has 3 N–H and O–H groups in total. The maximum Gasteiger partial charge on any atom is 0.409 e. The number of rotatable bonds is 20. The molecule has 2 aliphatic heterocycles. The Balaban J connectivity index is 0.838. The number of carbonyl (C=O) groups is 6. The maximum absolute atomic E-state index is 14.3. The minimum absolute atomic E-state index is 0.0627. The Kier molecular flexibility index (Phi) is 14.8. The molecular formula is C51H51N7O12. The molecule has 0 radical (unpaired) electrons. The second kappa shape index (κ2) is 21.6. The molecule has 70 heavy (non-hydrogen) atoms. The number of nitrogens with zero attached hydrogens (tertiary/aromatic N) is 4. The zero-order valence-electron chi connectivity index (χ0n) is 38.8. The van der Waals surface area contributed by atoms with Gasteiger partial charge in [0.25, 0.3) is 17.4 Å². The number of amides is 6. The number of methoxy groups -OCH3 is 2. The summed E-state index contributed by atoms with van der Waals surface area (Å²) in [6.07, 6.45) is 5.50. The van der Waals surface area contributed by atoms with E-state index < -0.39 is 23.9 Å². The minimum atomic E-state index is -0.948. The topological polar surface area (TPSA) is 226 Å². The van der Waals surface area contributed by atoms with E-state index in [-0.39, 0.29) is 75.7 Å². The molecule has 2 aliphatic rings. The first-order chi connectivity index (χ1) is 33.9. The molecule has 0 bridgehead atoms. The van der Waals surface area contributed by atoms with Crippen molar-refractivity contribution in [3.05, 3.63) is 119 Å². The normalized spacial score (nSPS) is 13.2. The van der Waals surface area contributed by atoms with Crippen molar-refractivity contribution in [1.29, 1.82) is 0 Å². The van der Waals surface area contributed by atoms with Crippen molar-refractivity contribution >= 4 is 73.9 Å². The van der Waals surface area contributed by atoms with Crippen LogP contribution in [0.25, 0.3) is 32.6 Å². The first kappa shape index (κ1) is 48.0. The summed E-state index contributed by atoms with van der Waals surface area (Å²) >= 11 is 0. The zero-order valence-corrected chi connectivity index (χ0v) is 38.8. The highest BCUT2D eigenvalue weighted by Gasteiger charge is 2.25. The number of pyridine rings is 2. The molecule has 4 heterocycles. The summed E-state index contributed by atoms with van der Waals surface area (Å²) < 4.78 is 29.6. The lowest BCUT2D eigenvalue weighted by Crippen LogP contribution is -2.49. The van der Waals surface area contributed by atoms with E-state index in [0.29, 0.717) is 86.1 Å². The molecule has 0 unspecified atom stereocenters. The van der Waals surface area contributed by atoms with Crippen molar-refractivity contribution < 1.29 is 52.5 Å². The number of carbonyl (C=O) groups excluding carboxylic acids is 6. The van der Waals surface area contributed by atoms with E-state index in [9.17, 15) is 33.6 Å². The number of anilines is 1. The molecule has 4 aromatic carbocycles. The minimum Gasteiger partial charge on any atom is -0.493 e. The SMILES string of the molecule is COc1cc2c(=O)n(CCN(C)C(=O)OCc3ccc(NC(=O)CNC(=O)[C@H](Cc4ccccc4)NC(=O)CCCCCN4C(=O)C=CC4=O)cc3)c3c4cc5c(cc4ncc3c2cc1OC)OCO5. The van der Waals surface area contributed by atoms with Gasteiger partial charge in [0.2, 0.25) is 24.5 Å². The van der Waals surface area contributed by atoms with Crippen LogP contribution in [0.4, 0.5) is 10.5 Å². The monoisotopic (exact) mass is 953 g/mol. The van der Waals surface area contributed by atoms with Gasteiger partial charge in [-0.05, 0) is 54.3 Å². The van der Waals surface area contributed by atoms with Crippen LogP contribution in [0.1, 0.15) is 36.8 Å². The lowest BCUT2D eigenvalue weighted by atomic mass is 10.0. The molecular weight excluding hydrogens is 903 g/mol. The third-order valence-electron chi connectivity index (χ3n) is 12.0. The van der Waals surface area contributed by atoms with Gasteiger partial charge in [-0.25, -0.2) is 4.79 Å². The molecule has 0 fully saturated rings. The van der Waals surface area contributed by atoms with Gasteiger partial charge in [-0.3, -0.25) is 38.7 Å². The number of benzene rings is 4. The number of imide groups is 1. The van der Waals surface area contributed by atoms with E-state index in [1.807, 2.05) is 30.3 Å². The first-order valence-electron chi connectivity index (χ1n) is 22.6. The summed E-state index contributed by atoms with van der Waals surface area (Å²) in [4.78, 5) is 97.5. The van der Waals surface area contributed by atoms with Crippen molar-refractivity contribution in [3.63, 3.8) is 0 Å². The summed E-state index contributed by atoms with van der Waals surface area (Å²) in [5.74, 6) is -0.170. The second-order valence-corrected chi connectivity index (χ2v) is 16.7. The molecule has 2 aromatic heterocycles. The molecule has 6 aromatic rings. The van der Waals surface area contributed by atoms with E-state index in [1.54, 1.807) is 66.3 Å². The number of hydrogen-bond donors (Lipinski definition) is 3. The second-order valence-electron chi connectivity index (χ2n) is 16.7. The van der Waals surface area contributed by atoms with Crippen LogP contribution in [-0.2, 0) is 48.3 Å². The fraction of sp³-hybridized carbons (Fsp3) is 0.294. The van der Waals surface area contributed by atoms with Gasteiger partial charge in [0.05, 0.1) is 37.2 Å². The number of fused-ring (bicyclic) bond motifs is 6. The van der Waals surface area contributed by atoms with Gasteiger partial charge in [-0.1, -0.05) is 48.9 Å². The smallest absolute Gasteiger partial charge is 0.409 e. The summed E-state index contributed by atoms with van der Waals surface area (Å²) in [6.45, 7) is 0.0968. The molecule has 0 aliphatic carbocycles. The Labute approximate surface area is 401 Å². The number of likely N-dealkylation sites (N-methyl/N-ethyl adjacent to an activating group) is 1. The zero-order chi connectivity index (χ0) is 49.3. The number of hydrogen-bond acceptors (Lipinski definition) is 13. The number of unbranched alkanes of at least 4 members (excludes halogenated alkanes) is 2. The summed E-state index contributed by atoms with van der Waals surface area (Å²) in [5, 5.41) is 10.5. The molecule has 1 atom stereocenters. The quantitative estimate of drug-likeness (QED) is 0.0522. The highest BCUT2D eigenvalue weighted by molar-refractivity contribution is 6.15. The van der Waals surface area contributed by atoms with E-state index >= 15 is 0 Å². The summed E-state index contributed by atoms with van der Waals surface area (Å²) in [6, 6.07) is 21.8. The van der Waals surface area contributed by atoms with E-state index in [4.69, 9.17) is 28.7 Å². The van der Waals surface area contributed by atoms with Crippen LogP contribution in [0.15, 0.2) is 102 Å². The van der Waals surface area contributed by atoms with E-state index in [1.165, 1.54) is 31.3 Å². The average Bonchev–Trinajstić information content (AvgIpc) is 3.97. The Morgan fingerprint density at radius 3 is 2.19 bits per heavy atom.